The molecular weight excluding hydrogens is 339 g/mol. The average Bonchev–Trinajstić information content (AvgIpc) is 3.20. The van der Waals surface area contributed by atoms with E-state index in [1.165, 1.54) is 17.0 Å². The number of hydrogen-bond donors (Lipinski definition) is 2. The predicted octanol–water partition coefficient (Wildman–Crippen LogP) is 3.87. The zero-order valence-corrected chi connectivity index (χ0v) is 15.1. The molecule has 7 nitrogen and oxygen atoms in total. The number of nitrogens with zero attached hydrogens (tertiary/aromatic N) is 4. The van der Waals surface area contributed by atoms with Gasteiger partial charge in [0, 0.05) is 24.2 Å². The van der Waals surface area contributed by atoms with Gasteiger partial charge >= 0.3 is 6.09 Å². The maximum atomic E-state index is 14.9. The maximum Gasteiger partial charge on any atom is 0.408 e. The van der Waals surface area contributed by atoms with Crippen LogP contribution in [-0.2, 0) is 0 Å². The van der Waals surface area contributed by atoms with Crippen LogP contribution >= 0.6 is 0 Å². The lowest BCUT2D eigenvalue weighted by atomic mass is 9.99. The van der Waals surface area contributed by atoms with Crippen molar-refractivity contribution in [1.82, 2.24) is 9.91 Å². The Morgan fingerprint density at radius 1 is 1.35 bits per heavy atom. The van der Waals surface area contributed by atoms with Crippen LogP contribution in [0.5, 0.6) is 0 Å². The molecule has 2 saturated heterocycles. The molecule has 0 bridgehead atoms. The predicted molar refractivity (Wildman–Crippen MR) is 93.6 cm³/mol. The summed E-state index contributed by atoms with van der Waals surface area (Å²) in [5, 5.41) is 30.1. The first-order valence-electron chi connectivity index (χ1n) is 8.96. The third kappa shape index (κ3) is 3.51. The lowest BCUT2D eigenvalue weighted by Crippen LogP contribution is -2.48. The third-order valence-corrected chi connectivity index (χ3v) is 5.29. The number of aliphatic hydroxyl groups is 1. The van der Waals surface area contributed by atoms with Crippen molar-refractivity contribution in [1.29, 1.82) is 0 Å². The molecule has 2 heterocycles. The highest BCUT2D eigenvalue weighted by Gasteiger charge is 2.46. The fourth-order valence-corrected chi connectivity index (χ4v) is 3.85. The molecule has 0 spiro atoms. The smallest absolute Gasteiger partial charge is 0.408 e. The van der Waals surface area contributed by atoms with E-state index >= 15 is 0 Å². The molecule has 3 rings (SSSR count). The first-order chi connectivity index (χ1) is 12.3. The Balaban J connectivity index is 1.84. The van der Waals surface area contributed by atoms with Crippen LogP contribution in [0.2, 0.25) is 0 Å². The first kappa shape index (κ1) is 18.6. The Bertz CT molecular complexity index is 704. The standard InChI is InChI=1S/C18H25FN4O3/c1-18(2)9-8-14(23(18)17(25)26)16(24)12-6-5-7-13(15(12)19)20-21-22-10-3-4-11-22/h5-7,14,16,24H,3-4,8-11H2,1-2H3,(H,25,26)/b21-20+/t14-,16?/m1/s1. The highest BCUT2D eigenvalue weighted by molar-refractivity contribution is 5.67. The highest BCUT2D eigenvalue weighted by atomic mass is 19.1. The van der Waals surface area contributed by atoms with Gasteiger partial charge in [0.1, 0.15) is 11.8 Å². The molecule has 2 N–H and O–H groups in total. The minimum Gasteiger partial charge on any atom is -0.465 e. The summed E-state index contributed by atoms with van der Waals surface area (Å²) >= 11 is 0. The van der Waals surface area contributed by atoms with E-state index in [2.05, 4.69) is 10.3 Å². The van der Waals surface area contributed by atoms with Gasteiger partial charge in [-0.15, -0.1) is 5.11 Å². The van der Waals surface area contributed by atoms with Crippen molar-refractivity contribution < 1.29 is 19.4 Å². The molecule has 2 atom stereocenters. The van der Waals surface area contributed by atoms with Crippen molar-refractivity contribution in [3.8, 4) is 0 Å². The van der Waals surface area contributed by atoms with Gasteiger partial charge < -0.3 is 10.2 Å². The Morgan fingerprint density at radius 2 is 2.04 bits per heavy atom. The van der Waals surface area contributed by atoms with Crippen LogP contribution in [0.25, 0.3) is 0 Å². The van der Waals surface area contributed by atoms with Crippen molar-refractivity contribution in [2.24, 2.45) is 10.3 Å². The summed E-state index contributed by atoms with van der Waals surface area (Å²) < 4.78 is 14.9. The second-order valence-electron chi connectivity index (χ2n) is 7.55. The summed E-state index contributed by atoms with van der Waals surface area (Å²) in [6.45, 7) is 5.23. The fourth-order valence-electron chi connectivity index (χ4n) is 3.85. The van der Waals surface area contributed by atoms with E-state index in [1.807, 2.05) is 13.8 Å². The monoisotopic (exact) mass is 364 g/mol. The number of aliphatic hydroxyl groups excluding tert-OH is 1. The maximum absolute atomic E-state index is 14.9. The van der Waals surface area contributed by atoms with Crippen LogP contribution in [0.15, 0.2) is 28.5 Å². The van der Waals surface area contributed by atoms with Crippen LogP contribution in [0.3, 0.4) is 0 Å². The number of benzene rings is 1. The Morgan fingerprint density at radius 3 is 2.69 bits per heavy atom. The van der Waals surface area contributed by atoms with Crippen LogP contribution in [0, 0.1) is 5.82 Å². The van der Waals surface area contributed by atoms with Crippen LogP contribution in [-0.4, -0.2) is 50.9 Å². The van der Waals surface area contributed by atoms with E-state index < -0.39 is 29.6 Å². The Kier molecular flexibility index (Phi) is 5.13. The minimum absolute atomic E-state index is 0.0487. The minimum atomic E-state index is -1.25. The summed E-state index contributed by atoms with van der Waals surface area (Å²) in [5.74, 6) is -0.655. The van der Waals surface area contributed by atoms with E-state index in [4.69, 9.17) is 0 Å². The number of carbonyl (C=O) groups is 1. The van der Waals surface area contributed by atoms with Gasteiger partial charge in [-0.25, -0.2) is 9.18 Å². The normalized spacial score (nSPS) is 23.8. The Labute approximate surface area is 152 Å². The van der Waals surface area contributed by atoms with Crippen molar-refractivity contribution in [2.75, 3.05) is 13.1 Å². The quantitative estimate of drug-likeness (QED) is 0.794. The van der Waals surface area contributed by atoms with Gasteiger partial charge in [-0.2, -0.15) is 0 Å². The van der Waals surface area contributed by atoms with Crippen molar-refractivity contribution >= 4 is 11.8 Å². The molecule has 2 aliphatic rings. The van der Waals surface area contributed by atoms with Crippen molar-refractivity contribution in [2.45, 2.75) is 57.2 Å². The van der Waals surface area contributed by atoms with Gasteiger partial charge in [0.25, 0.3) is 0 Å². The summed E-state index contributed by atoms with van der Waals surface area (Å²) in [5.41, 5.74) is -0.495. The van der Waals surface area contributed by atoms with E-state index in [-0.39, 0.29) is 11.3 Å². The zero-order chi connectivity index (χ0) is 18.9. The number of carboxylic acid groups (broad SMARTS) is 1. The summed E-state index contributed by atoms with van der Waals surface area (Å²) in [6, 6.07) is 3.88. The van der Waals surface area contributed by atoms with E-state index in [0.29, 0.717) is 12.8 Å². The summed E-state index contributed by atoms with van der Waals surface area (Å²) in [4.78, 5) is 12.9. The molecule has 1 unspecified atom stereocenters. The first-order valence-corrected chi connectivity index (χ1v) is 8.96. The molecule has 142 valence electrons. The number of halogens is 1. The third-order valence-electron chi connectivity index (χ3n) is 5.29. The van der Waals surface area contributed by atoms with Crippen LogP contribution in [0.1, 0.15) is 51.2 Å². The molecule has 2 aliphatic heterocycles. The SMILES string of the molecule is CC1(C)CC[C@H](C(O)c2cccc(/N=N/N3CCCC3)c2F)N1C(=O)O. The molecule has 1 aromatic carbocycles. The van der Waals surface area contributed by atoms with Crippen LogP contribution < -0.4 is 0 Å². The molecule has 0 aromatic heterocycles. The van der Waals surface area contributed by atoms with E-state index in [1.54, 1.807) is 11.1 Å². The van der Waals surface area contributed by atoms with Crippen molar-refractivity contribution in [3.05, 3.63) is 29.6 Å². The molecule has 1 amide bonds. The molecule has 0 radical (unpaired) electrons. The number of rotatable bonds is 4. The average molecular weight is 364 g/mol. The molecule has 0 saturated carbocycles. The van der Waals surface area contributed by atoms with Gasteiger partial charge in [-0.05, 0) is 45.6 Å². The van der Waals surface area contributed by atoms with Gasteiger partial charge in [-0.1, -0.05) is 17.4 Å². The van der Waals surface area contributed by atoms with Gasteiger partial charge in [-0.3, -0.25) is 9.91 Å². The second-order valence-corrected chi connectivity index (χ2v) is 7.55. The van der Waals surface area contributed by atoms with Crippen molar-refractivity contribution in [3.63, 3.8) is 0 Å². The number of amides is 1. The lowest BCUT2D eigenvalue weighted by molar-refractivity contribution is 0.0347. The molecule has 1 aromatic rings. The largest absolute Gasteiger partial charge is 0.465 e. The second kappa shape index (κ2) is 7.19. The zero-order valence-electron chi connectivity index (χ0n) is 15.1. The molecule has 0 aliphatic carbocycles. The van der Waals surface area contributed by atoms with Crippen LogP contribution in [0.4, 0.5) is 14.9 Å². The lowest BCUT2D eigenvalue weighted by Gasteiger charge is -2.35. The number of likely N-dealkylation sites (tertiary alicyclic amines) is 1. The van der Waals surface area contributed by atoms with E-state index in [0.717, 1.165) is 25.9 Å². The highest BCUT2D eigenvalue weighted by Crippen LogP contribution is 2.40. The number of hydrogen-bond acceptors (Lipinski definition) is 4. The van der Waals surface area contributed by atoms with Gasteiger partial charge in [0.2, 0.25) is 0 Å². The molecule has 26 heavy (non-hydrogen) atoms. The topological polar surface area (TPSA) is 88.7 Å². The Hall–Kier alpha value is -2.22. The molecular formula is C18H25FN4O3. The summed E-state index contributed by atoms with van der Waals surface area (Å²) in [6.07, 6.45) is 0.804. The molecule has 8 heteroatoms. The van der Waals surface area contributed by atoms with Gasteiger partial charge in [0.15, 0.2) is 5.82 Å². The fraction of sp³-hybridized carbons (Fsp3) is 0.611. The van der Waals surface area contributed by atoms with Gasteiger partial charge in [0.05, 0.1) is 6.04 Å². The summed E-state index contributed by atoms with van der Waals surface area (Å²) in [7, 11) is 0. The molecule has 2 fully saturated rings. The van der Waals surface area contributed by atoms with E-state index in [9.17, 15) is 19.4 Å².